The van der Waals surface area contributed by atoms with Crippen LogP contribution in [0.3, 0.4) is 0 Å². The van der Waals surface area contributed by atoms with Gasteiger partial charge in [-0.25, -0.2) is 4.79 Å². The molecule has 2 N–H and O–H groups in total. The van der Waals surface area contributed by atoms with Crippen molar-refractivity contribution in [2.75, 3.05) is 5.01 Å². The molecule has 0 radical (unpaired) electrons. The highest BCUT2D eigenvalue weighted by atomic mass is 16.4. The van der Waals surface area contributed by atoms with Gasteiger partial charge in [-0.05, 0) is 24.3 Å². The van der Waals surface area contributed by atoms with Crippen LogP contribution in [-0.4, -0.2) is 27.8 Å². The van der Waals surface area contributed by atoms with Crippen LogP contribution in [0.2, 0.25) is 0 Å². The van der Waals surface area contributed by atoms with Crippen LogP contribution >= 0.6 is 0 Å². The lowest BCUT2D eigenvalue weighted by Gasteiger charge is -2.10. The quantitative estimate of drug-likeness (QED) is 0.762. The minimum Gasteiger partial charge on any atom is -0.508 e. The zero-order valence-corrected chi connectivity index (χ0v) is 8.12. The van der Waals surface area contributed by atoms with Crippen LogP contribution in [-0.2, 0) is 9.59 Å². The van der Waals surface area contributed by atoms with Crippen LogP contribution in [0.15, 0.2) is 29.4 Å². The first-order valence-electron chi connectivity index (χ1n) is 4.50. The maximum atomic E-state index is 11.5. The highest BCUT2D eigenvalue weighted by Crippen LogP contribution is 2.22. The fourth-order valence-electron chi connectivity index (χ4n) is 1.34. The van der Waals surface area contributed by atoms with Gasteiger partial charge < -0.3 is 10.2 Å². The number of carbonyl (C=O) groups excluding carboxylic acids is 1. The highest BCUT2D eigenvalue weighted by Gasteiger charge is 2.28. The Balaban J connectivity index is 2.31. The van der Waals surface area contributed by atoms with Crippen molar-refractivity contribution in [3.63, 3.8) is 0 Å². The van der Waals surface area contributed by atoms with E-state index >= 15 is 0 Å². The monoisotopic (exact) mass is 220 g/mol. The number of aromatic hydroxyl groups is 1. The van der Waals surface area contributed by atoms with Crippen molar-refractivity contribution in [2.45, 2.75) is 6.42 Å². The number of hydrogen-bond donors (Lipinski definition) is 2. The van der Waals surface area contributed by atoms with E-state index < -0.39 is 11.9 Å². The van der Waals surface area contributed by atoms with Gasteiger partial charge in [-0.3, -0.25) is 4.79 Å². The summed E-state index contributed by atoms with van der Waals surface area (Å²) < 4.78 is 0. The molecule has 0 saturated carbocycles. The molecule has 0 spiro atoms. The largest absolute Gasteiger partial charge is 0.508 e. The summed E-state index contributed by atoms with van der Waals surface area (Å²) in [5.74, 6) is -1.53. The maximum Gasteiger partial charge on any atom is 0.352 e. The van der Waals surface area contributed by atoms with E-state index in [1.165, 1.54) is 24.3 Å². The number of carbonyl (C=O) groups is 2. The number of anilines is 1. The lowest BCUT2D eigenvalue weighted by molar-refractivity contribution is -0.129. The zero-order valence-electron chi connectivity index (χ0n) is 8.12. The topological polar surface area (TPSA) is 90.2 Å². The average molecular weight is 220 g/mol. The lowest BCUT2D eigenvalue weighted by atomic mass is 10.2. The van der Waals surface area contributed by atoms with Crippen molar-refractivity contribution in [3.8, 4) is 5.75 Å². The second-order valence-corrected chi connectivity index (χ2v) is 3.25. The summed E-state index contributed by atoms with van der Waals surface area (Å²) in [5.41, 5.74) is 0.247. The minimum absolute atomic E-state index is 0.0674. The molecular weight excluding hydrogens is 212 g/mol. The van der Waals surface area contributed by atoms with E-state index in [2.05, 4.69) is 5.10 Å². The number of carboxylic acid groups (broad SMARTS) is 1. The number of amides is 1. The van der Waals surface area contributed by atoms with Crippen molar-refractivity contribution < 1.29 is 19.8 Å². The number of carboxylic acids is 1. The van der Waals surface area contributed by atoms with Crippen LogP contribution in [0.1, 0.15) is 6.42 Å². The third-order valence-corrected chi connectivity index (χ3v) is 2.12. The first-order chi connectivity index (χ1) is 7.58. The van der Waals surface area contributed by atoms with Crippen molar-refractivity contribution in [1.29, 1.82) is 0 Å². The van der Waals surface area contributed by atoms with Crippen molar-refractivity contribution in [2.24, 2.45) is 5.10 Å². The van der Waals surface area contributed by atoms with Gasteiger partial charge in [0.25, 0.3) is 5.91 Å². The van der Waals surface area contributed by atoms with E-state index in [0.717, 1.165) is 5.01 Å². The predicted octanol–water partition coefficient (Wildman–Crippen LogP) is 0.570. The third kappa shape index (κ3) is 1.72. The molecule has 0 atom stereocenters. The SMILES string of the molecule is O=C(O)C1=NN(c2ccc(O)cc2)C(=O)C1. The van der Waals surface area contributed by atoms with Crippen LogP contribution in [0.5, 0.6) is 5.75 Å². The first-order valence-corrected chi connectivity index (χ1v) is 4.50. The molecule has 1 heterocycles. The Morgan fingerprint density at radius 3 is 2.44 bits per heavy atom. The Morgan fingerprint density at radius 2 is 1.94 bits per heavy atom. The number of rotatable bonds is 2. The molecule has 0 bridgehead atoms. The van der Waals surface area contributed by atoms with Gasteiger partial charge in [0.2, 0.25) is 0 Å². The van der Waals surface area contributed by atoms with Gasteiger partial charge in [-0.2, -0.15) is 10.1 Å². The fourth-order valence-corrected chi connectivity index (χ4v) is 1.34. The number of hydrogen-bond acceptors (Lipinski definition) is 4. The average Bonchev–Trinajstić information content (AvgIpc) is 2.62. The van der Waals surface area contributed by atoms with Gasteiger partial charge in [-0.15, -0.1) is 0 Å². The van der Waals surface area contributed by atoms with Crippen molar-refractivity contribution in [3.05, 3.63) is 24.3 Å². The van der Waals surface area contributed by atoms with Crippen LogP contribution in [0.4, 0.5) is 5.69 Å². The Labute approximate surface area is 90.4 Å². The smallest absolute Gasteiger partial charge is 0.352 e. The molecule has 1 aliphatic heterocycles. The number of hydrazone groups is 1. The minimum atomic E-state index is -1.20. The second kappa shape index (κ2) is 3.65. The molecule has 82 valence electrons. The lowest BCUT2D eigenvalue weighted by Crippen LogP contribution is -2.19. The summed E-state index contributed by atoms with van der Waals surface area (Å²) in [6, 6.07) is 5.77. The van der Waals surface area contributed by atoms with E-state index in [-0.39, 0.29) is 17.9 Å². The van der Waals surface area contributed by atoms with Crippen molar-refractivity contribution >= 4 is 23.3 Å². The van der Waals surface area contributed by atoms with Gasteiger partial charge in [0.15, 0.2) is 5.71 Å². The number of nitrogens with zero attached hydrogens (tertiary/aromatic N) is 2. The van der Waals surface area contributed by atoms with Crippen LogP contribution in [0.25, 0.3) is 0 Å². The molecule has 1 aliphatic rings. The number of phenols is 1. The van der Waals surface area contributed by atoms with Gasteiger partial charge in [0.05, 0.1) is 12.1 Å². The molecule has 0 aliphatic carbocycles. The third-order valence-electron chi connectivity index (χ3n) is 2.12. The summed E-state index contributed by atoms with van der Waals surface area (Å²) in [6.45, 7) is 0. The van der Waals surface area contributed by atoms with Crippen LogP contribution < -0.4 is 5.01 Å². The maximum absolute atomic E-state index is 11.5. The van der Waals surface area contributed by atoms with E-state index in [4.69, 9.17) is 10.2 Å². The van der Waals surface area contributed by atoms with Crippen molar-refractivity contribution in [1.82, 2.24) is 0 Å². The molecule has 1 aromatic rings. The van der Waals surface area contributed by atoms with Gasteiger partial charge >= 0.3 is 5.97 Å². The molecule has 16 heavy (non-hydrogen) atoms. The first kappa shape index (κ1) is 10.2. The normalized spacial score (nSPS) is 15.1. The van der Waals surface area contributed by atoms with Gasteiger partial charge in [0.1, 0.15) is 5.75 Å². The summed E-state index contributed by atoms with van der Waals surface area (Å²) in [7, 11) is 0. The summed E-state index contributed by atoms with van der Waals surface area (Å²) >= 11 is 0. The molecular formula is C10H8N2O4. The Bertz CT molecular complexity index is 478. The molecule has 0 saturated heterocycles. The highest BCUT2D eigenvalue weighted by molar-refractivity contribution is 6.42. The van der Waals surface area contributed by atoms with E-state index in [1.54, 1.807) is 0 Å². The Morgan fingerprint density at radius 1 is 1.31 bits per heavy atom. The van der Waals surface area contributed by atoms with Gasteiger partial charge in [-0.1, -0.05) is 0 Å². The molecule has 1 aromatic carbocycles. The summed E-state index contributed by atoms with van der Waals surface area (Å²) in [6.07, 6.45) is -0.212. The molecule has 0 unspecified atom stereocenters. The van der Waals surface area contributed by atoms with E-state index in [1.807, 2.05) is 0 Å². The zero-order chi connectivity index (χ0) is 11.7. The molecule has 2 rings (SSSR count). The van der Waals surface area contributed by atoms with Gasteiger partial charge in [0, 0.05) is 0 Å². The number of benzene rings is 1. The molecule has 6 heteroatoms. The Hall–Kier alpha value is -2.37. The molecule has 6 nitrogen and oxygen atoms in total. The summed E-state index contributed by atoms with van der Waals surface area (Å²) in [5, 5.41) is 22.5. The molecule has 0 aromatic heterocycles. The predicted molar refractivity (Wildman–Crippen MR) is 55.3 cm³/mol. The van der Waals surface area contributed by atoms with E-state index in [0.29, 0.717) is 5.69 Å². The molecule has 1 amide bonds. The fraction of sp³-hybridized carbons (Fsp3) is 0.100. The number of aliphatic carboxylic acids is 1. The second-order valence-electron chi connectivity index (χ2n) is 3.25. The van der Waals surface area contributed by atoms with Crippen LogP contribution in [0, 0.1) is 0 Å². The molecule has 0 fully saturated rings. The van der Waals surface area contributed by atoms with E-state index in [9.17, 15) is 9.59 Å². The Kier molecular flexibility index (Phi) is 2.32. The number of phenolic OH excluding ortho intramolecular Hbond substituents is 1. The summed E-state index contributed by atoms with van der Waals surface area (Å²) in [4.78, 5) is 22.1. The standard InChI is InChI=1S/C10H8N2O4/c13-7-3-1-6(2-4-7)12-9(14)5-8(11-12)10(15)16/h1-4,13H,5H2,(H,15,16).